The van der Waals surface area contributed by atoms with E-state index in [1.54, 1.807) is 6.92 Å². The fourth-order valence-electron chi connectivity index (χ4n) is 2.35. The van der Waals surface area contributed by atoms with Gasteiger partial charge in [-0.2, -0.15) is 43.9 Å². The number of sulfonamides is 2. The molecule has 0 saturated carbocycles. The van der Waals surface area contributed by atoms with E-state index >= 15 is 0 Å². The second-order valence-corrected chi connectivity index (χ2v) is 10.9. The second kappa shape index (κ2) is 12.9. The standard InChI is InChI=1S/C13H26NO2.C4F10NO4S2/c1-6-14(7-2,8-3)10-9-11-16-13(15)12(4)5;5-1(6,7)3(11,12)20(16,17)15-21(18,19)4(13,14)2(8,9)10/h4,6-11H2,1-3,5H3;/q+1;-1. The molecule has 37 heavy (non-hydrogen) atoms. The number of esters is 1. The van der Waals surface area contributed by atoms with Crippen molar-refractivity contribution < 1.29 is 74.8 Å². The van der Waals surface area contributed by atoms with Crippen LogP contribution in [0.2, 0.25) is 0 Å². The zero-order chi connectivity index (χ0) is 30.3. The molecule has 0 amide bonds. The van der Waals surface area contributed by atoms with Crippen LogP contribution in [0.5, 0.6) is 0 Å². The van der Waals surface area contributed by atoms with Crippen LogP contribution >= 0.6 is 0 Å². The van der Waals surface area contributed by atoms with Gasteiger partial charge in [0.1, 0.15) is 0 Å². The first-order valence-corrected chi connectivity index (χ1v) is 12.9. The number of halogens is 10. The van der Waals surface area contributed by atoms with Gasteiger partial charge in [0.25, 0.3) is 0 Å². The average molecular weight is 609 g/mol. The largest absolute Gasteiger partial charge is 0.467 e. The van der Waals surface area contributed by atoms with E-state index in [0.29, 0.717) is 16.3 Å². The van der Waals surface area contributed by atoms with Crippen LogP contribution in [0.4, 0.5) is 43.9 Å². The minimum Gasteiger partial charge on any atom is -0.462 e. The van der Waals surface area contributed by atoms with E-state index < -0.39 is 42.9 Å². The first-order valence-electron chi connectivity index (χ1n) is 10.0. The van der Waals surface area contributed by atoms with Crippen LogP contribution in [-0.2, 0) is 29.6 Å². The summed E-state index contributed by atoms with van der Waals surface area (Å²) in [6, 6.07) is 0. The molecule has 20 heteroatoms. The molecule has 0 atom stereocenters. The first kappa shape index (κ1) is 37.5. The molecule has 0 aliphatic carbocycles. The molecule has 0 saturated heterocycles. The second-order valence-electron chi connectivity index (χ2n) is 7.34. The lowest BCUT2D eigenvalue weighted by Crippen LogP contribution is -2.48. The molecule has 0 aromatic rings. The molecule has 0 spiro atoms. The zero-order valence-electron chi connectivity index (χ0n) is 19.9. The van der Waals surface area contributed by atoms with Crippen molar-refractivity contribution in [2.45, 2.75) is 57.0 Å². The Bertz CT molecular complexity index is 927. The average Bonchev–Trinajstić information content (AvgIpc) is 2.72. The van der Waals surface area contributed by atoms with E-state index in [4.69, 9.17) is 4.74 Å². The lowest BCUT2D eigenvalue weighted by atomic mass is 10.3. The highest BCUT2D eigenvalue weighted by atomic mass is 32.3. The van der Waals surface area contributed by atoms with Gasteiger partial charge < -0.3 is 13.3 Å². The molecule has 0 N–H and O–H groups in total. The Kier molecular flexibility index (Phi) is 13.1. The fraction of sp³-hybridized carbons (Fsp3) is 0.824. The minimum atomic E-state index is -7.62. The van der Waals surface area contributed by atoms with E-state index in [1.807, 2.05) is 0 Å². The molecule has 0 aromatic heterocycles. The highest BCUT2D eigenvalue weighted by Gasteiger charge is 2.68. The summed E-state index contributed by atoms with van der Waals surface area (Å²) in [5.41, 5.74) is 0.474. The van der Waals surface area contributed by atoms with Crippen LogP contribution in [0.15, 0.2) is 12.2 Å². The van der Waals surface area contributed by atoms with Crippen molar-refractivity contribution in [2.75, 3.05) is 32.8 Å². The van der Waals surface area contributed by atoms with Gasteiger partial charge in [0.2, 0.25) is 0 Å². The molecule has 0 unspecified atom stereocenters. The molecule has 0 rings (SSSR count). The van der Waals surface area contributed by atoms with Gasteiger partial charge in [-0.15, -0.1) is 0 Å². The maximum atomic E-state index is 12.3. The predicted molar refractivity (Wildman–Crippen MR) is 110 cm³/mol. The molecule has 0 bridgehead atoms. The van der Waals surface area contributed by atoms with Gasteiger partial charge >= 0.3 is 28.8 Å². The maximum absolute atomic E-state index is 12.3. The Labute approximate surface area is 207 Å². The molecule has 8 nitrogen and oxygen atoms in total. The normalized spacial score (nSPS) is 14.0. The predicted octanol–water partition coefficient (Wildman–Crippen LogP) is 4.70. The van der Waals surface area contributed by atoms with Crippen LogP contribution in [-0.4, -0.2) is 82.9 Å². The Morgan fingerprint density at radius 1 is 0.784 bits per heavy atom. The van der Waals surface area contributed by atoms with Crippen molar-refractivity contribution in [1.82, 2.24) is 0 Å². The Morgan fingerprint density at radius 2 is 1.11 bits per heavy atom. The van der Waals surface area contributed by atoms with Gasteiger partial charge in [0, 0.05) is 12.0 Å². The number of nitrogens with zero attached hydrogens (tertiary/aromatic N) is 2. The van der Waals surface area contributed by atoms with Crippen LogP contribution in [0.3, 0.4) is 0 Å². The zero-order valence-corrected chi connectivity index (χ0v) is 21.5. The summed E-state index contributed by atoms with van der Waals surface area (Å²) < 4.78 is 167. The monoisotopic (exact) mass is 608 g/mol. The van der Waals surface area contributed by atoms with Crippen LogP contribution < -0.4 is 0 Å². The summed E-state index contributed by atoms with van der Waals surface area (Å²) in [7, 11) is -15.2. The van der Waals surface area contributed by atoms with Gasteiger partial charge in [-0.1, -0.05) is 6.58 Å². The number of hydrogen-bond donors (Lipinski definition) is 0. The van der Waals surface area contributed by atoms with Gasteiger partial charge in [-0.3, -0.25) is 0 Å². The summed E-state index contributed by atoms with van der Waals surface area (Å²) in [4.78, 5) is 11.1. The number of quaternary nitrogens is 1. The molecule has 0 aliphatic heterocycles. The highest BCUT2D eigenvalue weighted by Crippen LogP contribution is 2.47. The summed E-state index contributed by atoms with van der Waals surface area (Å²) >= 11 is 0. The SMILES string of the molecule is C=C(C)C(=O)OCCC[N+](CC)(CC)CC.O=S(=O)([N-]S(=O)(=O)C(F)(F)C(F)(F)F)C(F)(F)C(F)(F)F. The van der Waals surface area contributed by atoms with Crippen LogP contribution in [0, 0.1) is 0 Å². The number of ether oxygens (including phenoxy) is 1. The molecule has 0 radical (unpaired) electrons. The summed E-state index contributed by atoms with van der Waals surface area (Å²) in [6.07, 6.45) is -13.1. The number of rotatable bonds is 12. The number of alkyl halides is 10. The molecule has 0 heterocycles. The quantitative estimate of drug-likeness (QED) is 0.105. The van der Waals surface area contributed by atoms with E-state index in [1.165, 1.54) is 0 Å². The van der Waals surface area contributed by atoms with Crippen LogP contribution in [0.25, 0.3) is 4.13 Å². The fourth-order valence-corrected chi connectivity index (χ4v) is 4.72. The number of carbonyl (C=O) groups excluding carboxylic acids is 1. The molecular formula is C17H26F10N2O6S2. The summed E-state index contributed by atoms with van der Waals surface area (Å²) in [6.45, 7) is 16.9. The van der Waals surface area contributed by atoms with Crippen molar-refractivity contribution in [2.24, 2.45) is 0 Å². The van der Waals surface area contributed by atoms with Gasteiger partial charge in [0.05, 0.1) is 32.8 Å². The maximum Gasteiger partial charge on any atom is 0.467 e. The molecule has 0 aliphatic rings. The number of carbonyl (C=O) groups is 1. The topological polar surface area (TPSA) is 109 Å². The third kappa shape index (κ3) is 9.54. The van der Waals surface area contributed by atoms with E-state index in [0.717, 1.165) is 37.1 Å². The van der Waals surface area contributed by atoms with E-state index in [2.05, 4.69) is 27.4 Å². The van der Waals surface area contributed by atoms with Gasteiger partial charge in [-0.25, -0.2) is 21.6 Å². The molecule has 0 aromatic carbocycles. The third-order valence-corrected chi connectivity index (χ3v) is 8.20. The van der Waals surface area contributed by atoms with Crippen molar-refractivity contribution in [1.29, 1.82) is 0 Å². The number of hydrogen-bond acceptors (Lipinski definition) is 6. The molecule has 0 fully saturated rings. The van der Waals surface area contributed by atoms with E-state index in [9.17, 15) is 65.5 Å². The summed E-state index contributed by atoms with van der Waals surface area (Å²) in [5, 5.41) is -14.0. The Hall–Kier alpha value is -1.67. The molecular weight excluding hydrogens is 582 g/mol. The van der Waals surface area contributed by atoms with Gasteiger partial charge in [-0.05, 0) is 27.7 Å². The minimum absolute atomic E-state index is 0.275. The third-order valence-electron chi connectivity index (χ3n) is 4.88. The van der Waals surface area contributed by atoms with Crippen molar-refractivity contribution >= 4 is 26.0 Å². The Morgan fingerprint density at radius 3 is 1.35 bits per heavy atom. The first-order chi connectivity index (χ1) is 16.2. The summed E-state index contributed by atoms with van der Waals surface area (Å²) in [5.74, 6) is -0.275. The van der Waals surface area contributed by atoms with Crippen molar-refractivity contribution in [3.8, 4) is 0 Å². The lowest BCUT2D eigenvalue weighted by Gasteiger charge is -2.35. The van der Waals surface area contributed by atoms with E-state index in [-0.39, 0.29) is 5.97 Å². The smallest absolute Gasteiger partial charge is 0.462 e. The highest BCUT2D eigenvalue weighted by molar-refractivity contribution is 8.13. The molecule has 222 valence electrons. The van der Waals surface area contributed by atoms with Crippen molar-refractivity contribution in [3.05, 3.63) is 16.3 Å². The van der Waals surface area contributed by atoms with Crippen LogP contribution in [0.1, 0.15) is 34.1 Å². The Balaban J connectivity index is 0. The van der Waals surface area contributed by atoms with Crippen molar-refractivity contribution in [3.63, 3.8) is 0 Å². The van der Waals surface area contributed by atoms with Gasteiger partial charge in [0.15, 0.2) is 20.0 Å². The lowest BCUT2D eigenvalue weighted by molar-refractivity contribution is -0.923.